The third kappa shape index (κ3) is 7.03. The van der Waals surface area contributed by atoms with Gasteiger partial charge in [0.25, 0.3) is 5.91 Å². The predicted octanol–water partition coefficient (Wildman–Crippen LogP) is 2.87. The van der Waals surface area contributed by atoms with E-state index in [1.54, 1.807) is 5.38 Å². The molecule has 2 N–H and O–H groups in total. The van der Waals surface area contributed by atoms with Gasteiger partial charge in [-0.3, -0.25) is 9.59 Å². The second-order valence-electron chi connectivity index (χ2n) is 5.38. The Morgan fingerprint density at radius 3 is 2.80 bits per heavy atom. The Hall–Kier alpha value is -2.25. The van der Waals surface area contributed by atoms with Crippen LogP contribution in [0.4, 0.5) is 5.13 Å². The Morgan fingerprint density at radius 1 is 1.24 bits per heavy atom. The van der Waals surface area contributed by atoms with Crippen molar-refractivity contribution in [3.63, 3.8) is 0 Å². The first-order valence-corrected chi connectivity index (χ1v) is 9.22. The van der Waals surface area contributed by atoms with E-state index in [9.17, 15) is 9.59 Å². The molecule has 0 aliphatic heterocycles. The second kappa shape index (κ2) is 10.6. The molecule has 0 unspecified atom stereocenters. The molecular weight excluding hydrogens is 338 g/mol. The van der Waals surface area contributed by atoms with Crippen molar-refractivity contribution in [1.82, 2.24) is 10.3 Å². The molecular formula is C18H23N3O3S. The molecule has 0 spiro atoms. The quantitative estimate of drug-likeness (QED) is 0.638. The summed E-state index contributed by atoms with van der Waals surface area (Å²) in [6, 6.07) is 9.83. The normalized spacial score (nSPS) is 10.4. The third-order valence-electron chi connectivity index (χ3n) is 3.42. The summed E-state index contributed by atoms with van der Waals surface area (Å²) in [5.74, 6) is -0.348. The fourth-order valence-electron chi connectivity index (χ4n) is 2.13. The van der Waals surface area contributed by atoms with E-state index in [-0.39, 0.29) is 11.8 Å². The Morgan fingerprint density at radius 2 is 2.04 bits per heavy atom. The lowest BCUT2D eigenvalue weighted by Crippen LogP contribution is -2.25. The first-order valence-electron chi connectivity index (χ1n) is 8.34. The van der Waals surface area contributed by atoms with Gasteiger partial charge in [0.2, 0.25) is 5.91 Å². The molecule has 7 heteroatoms. The van der Waals surface area contributed by atoms with Gasteiger partial charge in [-0.1, -0.05) is 30.3 Å². The highest BCUT2D eigenvalue weighted by Gasteiger charge is 2.12. The molecule has 2 rings (SSSR count). The number of aryl methyl sites for hydroxylation is 1. The number of carbonyl (C=O) groups is 2. The van der Waals surface area contributed by atoms with Crippen LogP contribution in [0.5, 0.6) is 0 Å². The summed E-state index contributed by atoms with van der Waals surface area (Å²) in [6.07, 6.45) is 1.81. The number of rotatable bonds is 10. The number of amides is 2. The molecule has 1 aromatic carbocycles. The van der Waals surface area contributed by atoms with E-state index in [1.807, 2.05) is 37.3 Å². The Kier molecular flexibility index (Phi) is 8.08. The van der Waals surface area contributed by atoms with E-state index < -0.39 is 0 Å². The van der Waals surface area contributed by atoms with Crippen LogP contribution < -0.4 is 10.6 Å². The largest absolute Gasteiger partial charge is 0.382 e. The maximum absolute atomic E-state index is 12.0. The van der Waals surface area contributed by atoms with Gasteiger partial charge >= 0.3 is 0 Å². The third-order valence-corrected chi connectivity index (χ3v) is 4.18. The Bertz CT molecular complexity index is 673. The Labute approximate surface area is 151 Å². The smallest absolute Gasteiger partial charge is 0.270 e. The first kappa shape index (κ1) is 19.1. The zero-order valence-corrected chi connectivity index (χ0v) is 15.1. The van der Waals surface area contributed by atoms with Gasteiger partial charge in [-0.15, -0.1) is 11.3 Å². The maximum Gasteiger partial charge on any atom is 0.270 e. The predicted molar refractivity (Wildman–Crippen MR) is 98.9 cm³/mol. The molecule has 0 aliphatic carbocycles. The molecule has 0 aliphatic rings. The minimum Gasteiger partial charge on any atom is -0.382 e. The van der Waals surface area contributed by atoms with Crippen LogP contribution in [0.3, 0.4) is 0 Å². The van der Waals surface area contributed by atoms with Gasteiger partial charge in [-0.05, 0) is 25.3 Å². The van der Waals surface area contributed by atoms with Crippen LogP contribution >= 0.6 is 11.3 Å². The number of hydrogen-bond acceptors (Lipinski definition) is 5. The summed E-state index contributed by atoms with van der Waals surface area (Å²) in [6.45, 7) is 3.77. The fraction of sp³-hybridized carbons (Fsp3) is 0.389. The van der Waals surface area contributed by atoms with Crippen molar-refractivity contribution in [2.24, 2.45) is 0 Å². The van der Waals surface area contributed by atoms with E-state index >= 15 is 0 Å². The summed E-state index contributed by atoms with van der Waals surface area (Å²) in [5.41, 5.74) is 1.43. The number of ether oxygens (including phenoxy) is 1. The summed E-state index contributed by atoms with van der Waals surface area (Å²) in [4.78, 5) is 28.1. The maximum atomic E-state index is 12.0. The lowest BCUT2D eigenvalue weighted by Gasteiger charge is -2.03. The number of anilines is 1. The summed E-state index contributed by atoms with van der Waals surface area (Å²) < 4.78 is 5.21. The average molecular weight is 361 g/mol. The number of benzene rings is 1. The van der Waals surface area contributed by atoms with Crippen molar-refractivity contribution in [3.8, 4) is 0 Å². The number of nitrogens with one attached hydrogen (secondary N) is 2. The van der Waals surface area contributed by atoms with Crippen LogP contribution in [0.2, 0.25) is 0 Å². The number of carbonyl (C=O) groups excluding carboxylic acids is 2. The molecule has 0 saturated heterocycles. The lowest BCUT2D eigenvalue weighted by molar-refractivity contribution is -0.116. The fourth-order valence-corrected chi connectivity index (χ4v) is 2.84. The molecule has 0 radical (unpaired) electrons. The number of nitrogens with zero attached hydrogens (tertiary/aromatic N) is 1. The van der Waals surface area contributed by atoms with Crippen molar-refractivity contribution in [2.45, 2.75) is 26.2 Å². The van der Waals surface area contributed by atoms with Crippen molar-refractivity contribution in [1.29, 1.82) is 0 Å². The summed E-state index contributed by atoms with van der Waals surface area (Å²) in [7, 11) is 0. The van der Waals surface area contributed by atoms with E-state index in [4.69, 9.17) is 4.74 Å². The average Bonchev–Trinajstić information content (AvgIpc) is 3.09. The van der Waals surface area contributed by atoms with Crippen LogP contribution in [-0.2, 0) is 16.0 Å². The molecule has 25 heavy (non-hydrogen) atoms. The summed E-state index contributed by atoms with van der Waals surface area (Å²) >= 11 is 1.25. The lowest BCUT2D eigenvalue weighted by atomic mass is 10.1. The van der Waals surface area contributed by atoms with Gasteiger partial charge in [0.15, 0.2) is 5.13 Å². The molecule has 0 atom stereocenters. The van der Waals surface area contributed by atoms with Crippen LogP contribution in [0.25, 0.3) is 0 Å². The Balaban J connectivity index is 1.72. The van der Waals surface area contributed by atoms with Crippen molar-refractivity contribution < 1.29 is 14.3 Å². The molecule has 1 aromatic heterocycles. The van der Waals surface area contributed by atoms with Crippen LogP contribution in [0, 0.1) is 0 Å². The molecule has 0 fully saturated rings. The number of hydrogen-bond donors (Lipinski definition) is 2. The number of aromatic nitrogens is 1. The molecule has 2 aromatic rings. The topological polar surface area (TPSA) is 80.3 Å². The molecule has 0 saturated carbocycles. The van der Waals surface area contributed by atoms with Gasteiger partial charge in [0.1, 0.15) is 5.69 Å². The van der Waals surface area contributed by atoms with E-state index in [1.165, 1.54) is 11.3 Å². The van der Waals surface area contributed by atoms with E-state index in [2.05, 4.69) is 15.6 Å². The van der Waals surface area contributed by atoms with Crippen LogP contribution in [-0.4, -0.2) is 36.6 Å². The van der Waals surface area contributed by atoms with Gasteiger partial charge in [0.05, 0.1) is 0 Å². The summed E-state index contributed by atoms with van der Waals surface area (Å²) in [5, 5.41) is 7.61. The molecule has 0 bridgehead atoms. The SMILES string of the molecule is CCOCCCNC(=O)c1csc(NC(=O)CCc2ccccc2)n1. The standard InChI is InChI=1S/C18H23N3O3S/c1-2-24-12-6-11-19-17(23)15-13-25-18(20-15)21-16(22)10-9-14-7-4-3-5-8-14/h3-5,7-8,13H,2,6,9-12H2,1H3,(H,19,23)(H,20,21,22). The zero-order chi connectivity index (χ0) is 17.9. The highest BCUT2D eigenvalue weighted by Crippen LogP contribution is 2.16. The monoisotopic (exact) mass is 361 g/mol. The highest BCUT2D eigenvalue weighted by molar-refractivity contribution is 7.14. The van der Waals surface area contributed by atoms with Crippen molar-refractivity contribution in [2.75, 3.05) is 25.1 Å². The van der Waals surface area contributed by atoms with Gasteiger partial charge in [-0.25, -0.2) is 4.98 Å². The van der Waals surface area contributed by atoms with Crippen LogP contribution in [0.15, 0.2) is 35.7 Å². The van der Waals surface area contributed by atoms with E-state index in [0.29, 0.717) is 43.4 Å². The molecule has 6 nitrogen and oxygen atoms in total. The second-order valence-corrected chi connectivity index (χ2v) is 6.24. The minimum atomic E-state index is -0.238. The van der Waals surface area contributed by atoms with Gasteiger partial charge < -0.3 is 15.4 Å². The zero-order valence-electron chi connectivity index (χ0n) is 14.3. The number of thiazole rings is 1. The minimum absolute atomic E-state index is 0.109. The highest BCUT2D eigenvalue weighted by atomic mass is 32.1. The van der Waals surface area contributed by atoms with Gasteiger partial charge in [0, 0.05) is 31.6 Å². The first-order chi connectivity index (χ1) is 12.2. The van der Waals surface area contributed by atoms with Crippen molar-refractivity contribution in [3.05, 3.63) is 47.0 Å². The van der Waals surface area contributed by atoms with Gasteiger partial charge in [-0.2, -0.15) is 0 Å². The molecule has 1 heterocycles. The molecule has 2 amide bonds. The van der Waals surface area contributed by atoms with Crippen LogP contribution in [0.1, 0.15) is 35.8 Å². The van der Waals surface area contributed by atoms with E-state index in [0.717, 1.165) is 12.0 Å². The molecule has 134 valence electrons. The van der Waals surface area contributed by atoms with Crippen molar-refractivity contribution >= 4 is 28.3 Å².